The van der Waals surface area contributed by atoms with Gasteiger partial charge in [-0.15, -0.1) is 11.3 Å². The van der Waals surface area contributed by atoms with E-state index >= 15 is 0 Å². The van der Waals surface area contributed by atoms with Gasteiger partial charge in [0.25, 0.3) is 5.56 Å². The van der Waals surface area contributed by atoms with Crippen molar-refractivity contribution in [1.29, 1.82) is 0 Å². The molecular weight excluding hydrogens is 434 g/mol. The van der Waals surface area contributed by atoms with Gasteiger partial charge in [0.2, 0.25) is 0 Å². The number of ether oxygens (including phenoxy) is 2. The van der Waals surface area contributed by atoms with Crippen LogP contribution in [0.2, 0.25) is 0 Å². The van der Waals surface area contributed by atoms with Gasteiger partial charge in [-0.1, -0.05) is 12.1 Å². The number of benzene rings is 1. The summed E-state index contributed by atoms with van der Waals surface area (Å²) in [7, 11) is 3.07. The summed E-state index contributed by atoms with van der Waals surface area (Å²) in [6, 6.07) is 7.15. The molecule has 0 spiro atoms. The molecule has 0 amide bonds. The van der Waals surface area contributed by atoms with Crippen LogP contribution < -0.4 is 16.0 Å². The van der Waals surface area contributed by atoms with Crippen LogP contribution in [0.5, 0.6) is 11.5 Å². The summed E-state index contributed by atoms with van der Waals surface area (Å²) >= 11 is 1.16. The number of aryl methyl sites for hydroxylation is 2. The topological polar surface area (TPSA) is 126 Å². The first-order chi connectivity index (χ1) is 15.3. The highest BCUT2D eigenvalue weighted by Gasteiger charge is 2.29. The summed E-state index contributed by atoms with van der Waals surface area (Å²) in [5, 5.41) is 11.2. The highest BCUT2D eigenvalue weighted by Crippen LogP contribution is 2.47. The number of hydrogen-bond acceptors (Lipinski definition) is 7. The summed E-state index contributed by atoms with van der Waals surface area (Å²) in [5.41, 5.74) is 0.709. The molecule has 10 heteroatoms. The lowest BCUT2D eigenvalue weighted by Gasteiger charge is -2.07. The molecule has 0 aliphatic carbocycles. The Kier molecular flexibility index (Phi) is 5.39. The first-order valence-electron chi connectivity index (χ1n) is 9.77. The number of aromatic hydroxyl groups is 1. The molecule has 0 aliphatic rings. The van der Waals surface area contributed by atoms with Gasteiger partial charge in [0, 0.05) is 23.1 Å². The number of thiophene rings is 1. The van der Waals surface area contributed by atoms with Crippen molar-refractivity contribution in [2.24, 2.45) is 7.05 Å². The number of carbonyl (C=O) groups excluding carboxylic acids is 1. The van der Waals surface area contributed by atoms with E-state index in [0.717, 1.165) is 11.3 Å². The van der Waals surface area contributed by atoms with Crippen LogP contribution in [0.25, 0.3) is 32.7 Å². The zero-order chi connectivity index (χ0) is 23.2. The van der Waals surface area contributed by atoms with Gasteiger partial charge in [-0.3, -0.25) is 14.3 Å². The first-order valence-corrected chi connectivity index (χ1v) is 10.6. The fourth-order valence-electron chi connectivity index (χ4n) is 3.67. The third kappa shape index (κ3) is 3.28. The van der Waals surface area contributed by atoms with Gasteiger partial charge in [-0.2, -0.15) is 0 Å². The lowest BCUT2D eigenvalue weighted by atomic mass is 10.0. The molecule has 0 unspecified atom stereocenters. The van der Waals surface area contributed by atoms with Crippen molar-refractivity contribution in [2.45, 2.75) is 13.8 Å². The number of H-pyrrole nitrogens is 2. The van der Waals surface area contributed by atoms with E-state index in [4.69, 9.17) is 9.47 Å². The molecule has 0 atom stereocenters. The van der Waals surface area contributed by atoms with Gasteiger partial charge >= 0.3 is 11.7 Å². The standard InChI is InChI=1S/C22H21N3O6S/c1-5-31-21(28)13-10(2)32-18(17(13)26)14-15-19(25(3)22(29)24-20(15)27)23-16(14)11-7-6-8-12(9-11)30-4/h6-9,23,26H,5H2,1-4H3,(H,24,27,29). The zero-order valence-corrected chi connectivity index (χ0v) is 18.7. The molecule has 0 aliphatic heterocycles. The van der Waals surface area contributed by atoms with Gasteiger partial charge in [-0.05, 0) is 26.0 Å². The number of methoxy groups -OCH3 is 1. The Morgan fingerprint density at radius 1 is 1.25 bits per heavy atom. The maximum absolute atomic E-state index is 12.9. The first kappa shape index (κ1) is 21.4. The molecule has 166 valence electrons. The average Bonchev–Trinajstić information content (AvgIpc) is 3.30. The summed E-state index contributed by atoms with van der Waals surface area (Å²) in [6.07, 6.45) is 0. The Labute approximate surface area is 185 Å². The summed E-state index contributed by atoms with van der Waals surface area (Å²) in [6.45, 7) is 3.53. The fourth-order valence-corrected chi connectivity index (χ4v) is 4.77. The molecule has 0 radical (unpaired) electrons. The van der Waals surface area contributed by atoms with E-state index in [-0.39, 0.29) is 29.0 Å². The summed E-state index contributed by atoms with van der Waals surface area (Å²) in [4.78, 5) is 43.8. The monoisotopic (exact) mass is 455 g/mol. The Hall–Kier alpha value is -3.79. The van der Waals surface area contributed by atoms with E-state index in [2.05, 4.69) is 9.97 Å². The molecule has 1 aromatic carbocycles. The fraction of sp³-hybridized carbons (Fsp3) is 0.227. The van der Waals surface area contributed by atoms with Crippen LogP contribution in [0.3, 0.4) is 0 Å². The van der Waals surface area contributed by atoms with Crippen molar-refractivity contribution in [3.8, 4) is 33.2 Å². The van der Waals surface area contributed by atoms with E-state index in [1.165, 1.54) is 11.6 Å². The molecule has 3 N–H and O–H groups in total. The smallest absolute Gasteiger partial charge is 0.343 e. The third-order valence-electron chi connectivity index (χ3n) is 5.19. The number of aromatic amines is 2. The van der Waals surface area contributed by atoms with E-state index in [9.17, 15) is 19.5 Å². The lowest BCUT2D eigenvalue weighted by Crippen LogP contribution is -2.28. The molecule has 0 bridgehead atoms. The van der Waals surface area contributed by atoms with E-state index in [1.807, 2.05) is 6.07 Å². The normalized spacial score (nSPS) is 11.1. The Morgan fingerprint density at radius 2 is 2.00 bits per heavy atom. The van der Waals surface area contributed by atoms with Gasteiger partial charge < -0.3 is 19.6 Å². The van der Waals surface area contributed by atoms with Crippen molar-refractivity contribution in [2.75, 3.05) is 13.7 Å². The van der Waals surface area contributed by atoms with Crippen molar-refractivity contribution in [1.82, 2.24) is 14.5 Å². The molecule has 0 saturated carbocycles. The molecule has 3 aromatic heterocycles. The van der Waals surface area contributed by atoms with Crippen molar-refractivity contribution >= 4 is 28.3 Å². The van der Waals surface area contributed by atoms with E-state index in [0.29, 0.717) is 32.3 Å². The molecule has 9 nitrogen and oxygen atoms in total. The van der Waals surface area contributed by atoms with E-state index < -0.39 is 17.2 Å². The minimum Gasteiger partial charge on any atom is -0.505 e. The average molecular weight is 455 g/mol. The number of hydrogen-bond donors (Lipinski definition) is 3. The SMILES string of the molecule is CCOC(=O)c1c(C)sc(-c2c(-c3cccc(OC)c3)[nH]c3c2c(=O)[nH]c(=O)n3C)c1O. The van der Waals surface area contributed by atoms with Crippen LogP contribution in [0.1, 0.15) is 22.2 Å². The van der Waals surface area contributed by atoms with Crippen LogP contribution >= 0.6 is 11.3 Å². The van der Waals surface area contributed by atoms with Gasteiger partial charge in [-0.25, -0.2) is 9.59 Å². The number of rotatable bonds is 5. The maximum Gasteiger partial charge on any atom is 0.343 e. The number of nitrogens with one attached hydrogen (secondary N) is 2. The number of aromatic nitrogens is 3. The third-order valence-corrected chi connectivity index (χ3v) is 6.30. The second kappa shape index (κ2) is 8.04. The number of nitrogens with zero attached hydrogens (tertiary/aromatic N) is 1. The molecule has 4 rings (SSSR count). The molecule has 0 fully saturated rings. The van der Waals surface area contributed by atoms with Crippen LogP contribution in [0.15, 0.2) is 33.9 Å². The Bertz CT molecular complexity index is 1470. The minimum absolute atomic E-state index is 0.0547. The highest BCUT2D eigenvalue weighted by molar-refractivity contribution is 7.16. The predicted molar refractivity (Wildman–Crippen MR) is 122 cm³/mol. The predicted octanol–water partition coefficient (Wildman–Crippen LogP) is 3.15. The largest absolute Gasteiger partial charge is 0.505 e. The minimum atomic E-state index is -0.644. The number of esters is 1. The maximum atomic E-state index is 12.9. The van der Waals surface area contributed by atoms with E-state index in [1.54, 1.807) is 39.2 Å². The second-order valence-corrected chi connectivity index (χ2v) is 8.31. The Morgan fingerprint density at radius 3 is 2.69 bits per heavy atom. The molecule has 32 heavy (non-hydrogen) atoms. The summed E-state index contributed by atoms with van der Waals surface area (Å²) < 4.78 is 11.7. The quantitative estimate of drug-likeness (QED) is 0.397. The summed E-state index contributed by atoms with van der Waals surface area (Å²) in [5.74, 6) is -0.327. The van der Waals surface area contributed by atoms with Gasteiger partial charge in [0.05, 0.1) is 29.7 Å². The molecule has 4 aromatic rings. The molecule has 0 saturated heterocycles. The zero-order valence-electron chi connectivity index (χ0n) is 17.9. The Balaban J connectivity index is 2.12. The molecular formula is C22H21N3O6S. The van der Waals surface area contributed by atoms with Gasteiger partial charge in [0.15, 0.2) is 0 Å². The number of carbonyl (C=O) groups is 1. The van der Waals surface area contributed by atoms with Crippen molar-refractivity contribution < 1.29 is 19.4 Å². The van der Waals surface area contributed by atoms with Crippen LogP contribution in [-0.2, 0) is 11.8 Å². The number of fused-ring (bicyclic) bond motifs is 1. The van der Waals surface area contributed by atoms with Gasteiger partial charge in [0.1, 0.15) is 22.7 Å². The van der Waals surface area contributed by atoms with Crippen LogP contribution in [-0.4, -0.2) is 39.3 Å². The van der Waals surface area contributed by atoms with Crippen LogP contribution in [0.4, 0.5) is 0 Å². The second-order valence-electron chi connectivity index (χ2n) is 7.08. The van der Waals surface area contributed by atoms with Crippen LogP contribution in [0, 0.1) is 6.92 Å². The highest BCUT2D eigenvalue weighted by atomic mass is 32.1. The van der Waals surface area contributed by atoms with Crippen molar-refractivity contribution in [3.63, 3.8) is 0 Å². The van der Waals surface area contributed by atoms with Crippen molar-refractivity contribution in [3.05, 3.63) is 55.5 Å². The lowest BCUT2D eigenvalue weighted by molar-refractivity contribution is 0.0523. The molecule has 3 heterocycles.